The number of amides is 1. The van der Waals surface area contributed by atoms with E-state index < -0.39 is 0 Å². The summed E-state index contributed by atoms with van der Waals surface area (Å²) >= 11 is 0. The number of anilines is 1. The highest BCUT2D eigenvalue weighted by molar-refractivity contribution is 6.06. The lowest BCUT2D eigenvalue weighted by molar-refractivity contribution is 0.0984. The number of benzene rings is 3. The standard InChI is InChI=1S/C22H17NO4/c24-14-16-6-9-18(10-7-16)22(25)23(19-4-2-1-3-5-19)13-17-8-11-20-21(12-17)27-15-26-20/h1-12,14H,13,15H2. The van der Waals surface area contributed by atoms with Crippen LogP contribution in [0.1, 0.15) is 26.3 Å². The van der Waals surface area contributed by atoms with Gasteiger partial charge < -0.3 is 14.4 Å². The van der Waals surface area contributed by atoms with E-state index in [1.807, 2.05) is 48.5 Å². The van der Waals surface area contributed by atoms with Crippen molar-refractivity contribution in [3.8, 4) is 11.5 Å². The van der Waals surface area contributed by atoms with E-state index in [0.29, 0.717) is 29.2 Å². The summed E-state index contributed by atoms with van der Waals surface area (Å²) in [6.07, 6.45) is 0.760. The molecule has 3 aromatic carbocycles. The number of ether oxygens (including phenoxy) is 2. The highest BCUT2D eigenvalue weighted by Gasteiger charge is 2.20. The van der Waals surface area contributed by atoms with Gasteiger partial charge in [-0.1, -0.05) is 36.4 Å². The molecule has 0 aromatic heterocycles. The van der Waals surface area contributed by atoms with Gasteiger partial charge in [-0.3, -0.25) is 9.59 Å². The second kappa shape index (κ2) is 7.33. The van der Waals surface area contributed by atoms with Gasteiger partial charge in [0, 0.05) is 16.8 Å². The Hall–Kier alpha value is -3.60. The fraction of sp³-hybridized carbons (Fsp3) is 0.0909. The van der Waals surface area contributed by atoms with Crippen LogP contribution < -0.4 is 14.4 Å². The molecule has 0 atom stereocenters. The maximum Gasteiger partial charge on any atom is 0.258 e. The predicted octanol–water partition coefficient (Wildman–Crippen LogP) is 4.07. The first kappa shape index (κ1) is 16.8. The minimum absolute atomic E-state index is 0.142. The maximum absolute atomic E-state index is 13.2. The zero-order valence-electron chi connectivity index (χ0n) is 14.5. The summed E-state index contributed by atoms with van der Waals surface area (Å²) in [5, 5.41) is 0. The number of rotatable bonds is 5. The minimum Gasteiger partial charge on any atom is -0.454 e. The van der Waals surface area contributed by atoms with Crippen molar-refractivity contribution >= 4 is 17.9 Å². The number of hydrogen-bond acceptors (Lipinski definition) is 4. The van der Waals surface area contributed by atoms with Crippen molar-refractivity contribution in [3.63, 3.8) is 0 Å². The SMILES string of the molecule is O=Cc1ccc(C(=O)N(Cc2ccc3c(c2)OCO3)c2ccccc2)cc1. The molecule has 1 amide bonds. The molecular formula is C22H17NO4. The molecule has 1 aliphatic heterocycles. The van der Waals surface area contributed by atoms with Gasteiger partial charge in [0.25, 0.3) is 5.91 Å². The van der Waals surface area contributed by atoms with Crippen molar-refractivity contribution in [1.82, 2.24) is 0 Å². The van der Waals surface area contributed by atoms with Gasteiger partial charge in [0.1, 0.15) is 6.29 Å². The molecule has 4 rings (SSSR count). The molecule has 5 nitrogen and oxygen atoms in total. The number of fused-ring (bicyclic) bond motifs is 1. The van der Waals surface area contributed by atoms with E-state index in [0.717, 1.165) is 17.5 Å². The zero-order chi connectivity index (χ0) is 18.6. The Bertz CT molecular complexity index is 967. The first-order valence-corrected chi connectivity index (χ1v) is 8.55. The molecule has 0 fully saturated rings. The molecular weight excluding hydrogens is 342 g/mol. The number of para-hydroxylation sites is 1. The summed E-state index contributed by atoms with van der Waals surface area (Å²) in [5.41, 5.74) is 2.78. The Labute approximate surface area is 156 Å². The molecule has 27 heavy (non-hydrogen) atoms. The van der Waals surface area contributed by atoms with Crippen molar-refractivity contribution in [2.45, 2.75) is 6.54 Å². The summed E-state index contributed by atoms with van der Waals surface area (Å²) in [7, 11) is 0. The summed E-state index contributed by atoms with van der Waals surface area (Å²) in [6.45, 7) is 0.595. The number of nitrogens with zero attached hydrogens (tertiary/aromatic N) is 1. The fourth-order valence-electron chi connectivity index (χ4n) is 2.97. The van der Waals surface area contributed by atoms with Crippen molar-refractivity contribution < 1.29 is 19.1 Å². The zero-order valence-corrected chi connectivity index (χ0v) is 14.5. The third-order valence-corrected chi connectivity index (χ3v) is 4.38. The van der Waals surface area contributed by atoms with Crippen LogP contribution >= 0.6 is 0 Å². The number of hydrogen-bond donors (Lipinski definition) is 0. The summed E-state index contributed by atoms with van der Waals surface area (Å²) in [6, 6.07) is 21.8. The van der Waals surface area contributed by atoms with Gasteiger partial charge in [-0.2, -0.15) is 0 Å². The van der Waals surface area contributed by atoms with Crippen LogP contribution in [0.4, 0.5) is 5.69 Å². The van der Waals surface area contributed by atoms with Gasteiger partial charge in [0.15, 0.2) is 11.5 Å². The minimum atomic E-state index is -0.142. The quantitative estimate of drug-likeness (QED) is 0.644. The molecule has 0 N–H and O–H groups in total. The molecule has 134 valence electrons. The lowest BCUT2D eigenvalue weighted by atomic mass is 10.1. The van der Waals surface area contributed by atoms with Crippen molar-refractivity contribution in [2.75, 3.05) is 11.7 Å². The average Bonchev–Trinajstić information content (AvgIpc) is 3.20. The molecule has 1 heterocycles. The van der Waals surface area contributed by atoms with Crippen molar-refractivity contribution in [2.24, 2.45) is 0 Å². The Balaban J connectivity index is 1.66. The van der Waals surface area contributed by atoms with Crippen LogP contribution in [0.5, 0.6) is 11.5 Å². The van der Waals surface area contributed by atoms with E-state index in [2.05, 4.69) is 0 Å². The predicted molar refractivity (Wildman–Crippen MR) is 101 cm³/mol. The van der Waals surface area contributed by atoms with Crippen LogP contribution in [0.15, 0.2) is 72.8 Å². The molecule has 1 aliphatic rings. The van der Waals surface area contributed by atoms with Crippen LogP contribution in [-0.2, 0) is 6.54 Å². The Kier molecular flexibility index (Phi) is 4.58. The molecule has 0 spiro atoms. The van der Waals surface area contributed by atoms with Gasteiger partial charge in [0.05, 0.1) is 6.54 Å². The lowest BCUT2D eigenvalue weighted by Crippen LogP contribution is -2.30. The largest absolute Gasteiger partial charge is 0.454 e. The van der Waals surface area contributed by atoms with Crippen LogP contribution in [0.3, 0.4) is 0 Å². The van der Waals surface area contributed by atoms with E-state index >= 15 is 0 Å². The normalized spacial score (nSPS) is 11.9. The Morgan fingerprint density at radius 2 is 1.67 bits per heavy atom. The summed E-state index contributed by atoms with van der Waals surface area (Å²) in [5.74, 6) is 1.25. The summed E-state index contributed by atoms with van der Waals surface area (Å²) in [4.78, 5) is 25.7. The summed E-state index contributed by atoms with van der Waals surface area (Å²) < 4.78 is 10.8. The van der Waals surface area contributed by atoms with Crippen LogP contribution in [0, 0.1) is 0 Å². The molecule has 0 saturated carbocycles. The van der Waals surface area contributed by atoms with E-state index in [9.17, 15) is 9.59 Å². The highest BCUT2D eigenvalue weighted by Crippen LogP contribution is 2.33. The van der Waals surface area contributed by atoms with E-state index in [1.54, 1.807) is 29.2 Å². The Morgan fingerprint density at radius 3 is 2.41 bits per heavy atom. The van der Waals surface area contributed by atoms with Gasteiger partial charge >= 0.3 is 0 Å². The van der Waals surface area contributed by atoms with Crippen LogP contribution in [-0.4, -0.2) is 19.0 Å². The van der Waals surface area contributed by atoms with Gasteiger partial charge in [0.2, 0.25) is 6.79 Å². The van der Waals surface area contributed by atoms with Crippen LogP contribution in [0.2, 0.25) is 0 Å². The molecule has 0 radical (unpaired) electrons. The average molecular weight is 359 g/mol. The molecule has 5 heteroatoms. The number of aldehydes is 1. The number of carbonyl (C=O) groups excluding carboxylic acids is 2. The van der Waals surface area contributed by atoms with Crippen molar-refractivity contribution in [3.05, 3.63) is 89.5 Å². The third kappa shape index (κ3) is 3.53. The Morgan fingerprint density at radius 1 is 0.926 bits per heavy atom. The third-order valence-electron chi connectivity index (χ3n) is 4.38. The molecule has 3 aromatic rings. The topological polar surface area (TPSA) is 55.8 Å². The second-order valence-electron chi connectivity index (χ2n) is 6.15. The smallest absolute Gasteiger partial charge is 0.258 e. The van der Waals surface area contributed by atoms with E-state index in [1.165, 1.54) is 0 Å². The van der Waals surface area contributed by atoms with Gasteiger partial charge in [-0.25, -0.2) is 0 Å². The first-order chi connectivity index (χ1) is 13.2. The fourth-order valence-corrected chi connectivity index (χ4v) is 2.97. The van der Waals surface area contributed by atoms with E-state index in [-0.39, 0.29) is 12.7 Å². The second-order valence-corrected chi connectivity index (χ2v) is 6.15. The molecule has 0 saturated heterocycles. The van der Waals surface area contributed by atoms with Crippen LogP contribution in [0.25, 0.3) is 0 Å². The number of carbonyl (C=O) groups is 2. The monoisotopic (exact) mass is 359 g/mol. The van der Waals surface area contributed by atoms with Gasteiger partial charge in [-0.05, 0) is 42.0 Å². The highest BCUT2D eigenvalue weighted by atomic mass is 16.7. The first-order valence-electron chi connectivity index (χ1n) is 8.55. The van der Waals surface area contributed by atoms with Gasteiger partial charge in [-0.15, -0.1) is 0 Å². The molecule has 0 aliphatic carbocycles. The molecule has 0 bridgehead atoms. The lowest BCUT2D eigenvalue weighted by Gasteiger charge is -2.23. The van der Waals surface area contributed by atoms with E-state index in [4.69, 9.17) is 9.47 Å². The molecule has 0 unspecified atom stereocenters. The van der Waals surface area contributed by atoms with Crippen molar-refractivity contribution in [1.29, 1.82) is 0 Å². The maximum atomic E-state index is 13.2.